The molecule has 0 aliphatic heterocycles. The van der Waals surface area contributed by atoms with Crippen LogP contribution in [0.3, 0.4) is 0 Å². The molecule has 0 amide bonds. The van der Waals surface area contributed by atoms with Crippen molar-refractivity contribution in [1.82, 2.24) is 0 Å². The van der Waals surface area contributed by atoms with Crippen molar-refractivity contribution in [3.05, 3.63) is 0 Å². The Hall–Kier alpha value is 1.92. The predicted molar refractivity (Wildman–Crippen MR) is 76.9 cm³/mol. The Bertz CT molecular complexity index is 233. The third kappa shape index (κ3) is 22.2. The summed E-state index contributed by atoms with van der Waals surface area (Å²) in [5, 5.41) is 0. The Labute approximate surface area is 173 Å². The van der Waals surface area contributed by atoms with Crippen LogP contribution >= 0.6 is 7.82 Å². The first kappa shape index (κ1) is 24.2. The van der Waals surface area contributed by atoms with Gasteiger partial charge in [0.25, 0.3) is 7.82 Å². The van der Waals surface area contributed by atoms with E-state index in [1.165, 1.54) is 57.8 Å². The smallest absolute Gasteiger partial charge is 0.756 e. The van der Waals surface area contributed by atoms with Crippen LogP contribution in [0.1, 0.15) is 84.0 Å². The molecule has 1 N–H and O–H groups in total. The van der Waals surface area contributed by atoms with Gasteiger partial charge < -0.3 is 14.3 Å². The van der Waals surface area contributed by atoms with Crippen LogP contribution in [0.4, 0.5) is 0 Å². The van der Waals surface area contributed by atoms with Crippen LogP contribution in [0.15, 0.2) is 0 Å². The summed E-state index contributed by atoms with van der Waals surface area (Å²) in [6, 6.07) is 0. The fraction of sp³-hybridized carbons (Fsp3) is 1.00. The van der Waals surface area contributed by atoms with Gasteiger partial charge in [0, 0.05) is 0 Å². The molecule has 0 aromatic heterocycles. The molecule has 0 radical (unpaired) electrons. The summed E-state index contributed by atoms with van der Waals surface area (Å²) >= 11 is 0. The first-order valence-electron chi connectivity index (χ1n) is 7.74. The zero-order chi connectivity index (χ0) is 14.4. The maximum absolute atomic E-state index is 10.3. The van der Waals surface area contributed by atoms with Crippen molar-refractivity contribution in [2.75, 3.05) is 6.61 Å². The van der Waals surface area contributed by atoms with Crippen LogP contribution in [-0.2, 0) is 9.09 Å². The van der Waals surface area contributed by atoms with Gasteiger partial charge in [-0.2, -0.15) is 0 Å². The van der Waals surface area contributed by atoms with Crippen molar-refractivity contribution in [2.24, 2.45) is 0 Å². The summed E-state index contributed by atoms with van der Waals surface area (Å²) in [7, 11) is -4.50. The van der Waals surface area contributed by atoms with E-state index in [-0.39, 0.29) is 64.8 Å². The van der Waals surface area contributed by atoms with E-state index in [0.29, 0.717) is 6.42 Å². The largest absolute Gasteiger partial charge is 1.00 e. The zero-order valence-electron chi connectivity index (χ0n) is 13.3. The van der Waals surface area contributed by atoms with Crippen LogP contribution in [0, 0.1) is 0 Å². The summed E-state index contributed by atoms with van der Waals surface area (Å²) in [5.74, 6) is 0. The van der Waals surface area contributed by atoms with E-state index in [1.54, 1.807) is 0 Å². The first-order chi connectivity index (χ1) is 9.06. The fourth-order valence-electron chi connectivity index (χ4n) is 2.12. The van der Waals surface area contributed by atoms with Crippen molar-refractivity contribution in [3.63, 3.8) is 0 Å². The molecule has 20 heavy (non-hydrogen) atoms. The number of rotatable bonds is 14. The quantitative estimate of drug-likeness (QED) is 0.364. The summed E-state index contributed by atoms with van der Waals surface area (Å²) < 4.78 is 14.6. The first-order valence-corrected chi connectivity index (χ1v) is 9.24. The minimum Gasteiger partial charge on any atom is -0.756 e. The maximum atomic E-state index is 10.3. The molecular weight excluding hydrogens is 349 g/mol. The molecule has 116 valence electrons. The minimum atomic E-state index is -4.50. The van der Waals surface area contributed by atoms with Crippen LogP contribution in [0.5, 0.6) is 0 Å². The van der Waals surface area contributed by atoms with Gasteiger partial charge in [-0.1, -0.05) is 77.6 Å². The SMILES string of the molecule is CCCCCCCCCCCCCCOP(=O)([O-])O.[Rb+]. The zero-order valence-corrected chi connectivity index (χ0v) is 19.1. The number of hydrogen-bond donors (Lipinski definition) is 1. The van der Waals surface area contributed by atoms with Crippen molar-refractivity contribution in [1.29, 1.82) is 0 Å². The minimum absolute atomic E-state index is 0. The molecule has 0 aliphatic rings. The fourth-order valence-corrected chi connectivity index (χ4v) is 2.48. The molecule has 0 rings (SSSR count). The summed E-state index contributed by atoms with van der Waals surface area (Å²) in [6.07, 6.45) is 14.7. The van der Waals surface area contributed by atoms with Gasteiger partial charge in [0.2, 0.25) is 0 Å². The molecule has 1 unspecified atom stereocenters. The van der Waals surface area contributed by atoms with E-state index in [0.717, 1.165) is 12.8 Å². The number of phosphoric acid groups is 1. The molecule has 0 saturated carbocycles. The predicted octanol–water partition coefficient (Wildman–Crippen LogP) is 1.17. The molecule has 0 aromatic carbocycles. The second kappa shape index (κ2) is 17.3. The van der Waals surface area contributed by atoms with Crippen molar-refractivity contribution < 1.29 is 77.1 Å². The molecule has 0 heterocycles. The van der Waals surface area contributed by atoms with Gasteiger partial charge in [-0.25, -0.2) is 0 Å². The maximum Gasteiger partial charge on any atom is 1.00 e. The van der Waals surface area contributed by atoms with E-state index < -0.39 is 7.82 Å². The molecule has 0 saturated heterocycles. The van der Waals surface area contributed by atoms with Gasteiger partial charge in [-0.15, -0.1) is 0 Å². The molecule has 0 aliphatic carbocycles. The standard InChI is InChI=1S/C14H31O4P.Rb/c1-2-3-4-5-6-7-8-9-10-11-12-13-14-18-19(15,16)17;/h2-14H2,1H3,(H2,15,16,17);/q;+1/p-1. The molecule has 0 bridgehead atoms. The van der Waals surface area contributed by atoms with E-state index in [1.807, 2.05) is 0 Å². The average molecular weight is 379 g/mol. The second-order valence-corrected chi connectivity index (χ2v) is 6.39. The number of unbranched alkanes of at least 4 members (excludes halogenated alkanes) is 11. The van der Waals surface area contributed by atoms with Crippen LogP contribution in [-0.4, -0.2) is 11.5 Å². The van der Waals surface area contributed by atoms with Crippen LogP contribution < -0.4 is 63.1 Å². The van der Waals surface area contributed by atoms with Crippen LogP contribution in [0.2, 0.25) is 0 Å². The molecule has 0 aromatic rings. The molecular formula is C14H30O4PRb. The van der Waals surface area contributed by atoms with E-state index in [9.17, 15) is 9.46 Å². The van der Waals surface area contributed by atoms with Gasteiger partial charge in [0.15, 0.2) is 0 Å². The van der Waals surface area contributed by atoms with Gasteiger partial charge in [0.1, 0.15) is 0 Å². The third-order valence-electron chi connectivity index (χ3n) is 3.25. The summed E-state index contributed by atoms with van der Waals surface area (Å²) in [5.41, 5.74) is 0. The Kier molecular flexibility index (Phi) is 20.9. The Morgan fingerprint density at radius 1 is 0.850 bits per heavy atom. The summed E-state index contributed by atoms with van der Waals surface area (Å²) in [4.78, 5) is 18.7. The van der Waals surface area contributed by atoms with Gasteiger partial charge >= 0.3 is 58.2 Å². The second-order valence-electron chi connectivity index (χ2n) is 5.19. The Morgan fingerprint density at radius 2 is 1.20 bits per heavy atom. The molecule has 6 heteroatoms. The van der Waals surface area contributed by atoms with Crippen molar-refractivity contribution in [2.45, 2.75) is 84.0 Å². The average Bonchev–Trinajstić information content (AvgIpc) is 2.34. The molecule has 1 atom stereocenters. The van der Waals surface area contributed by atoms with Crippen molar-refractivity contribution >= 4 is 7.82 Å². The van der Waals surface area contributed by atoms with E-state index >= 15 is 0 Å². The normalized spacial score (nSPS) is 13.8. The number of hydrogen-bond acceptors (Lipinski definition) is 3. The monoisotopic (exact) mass is 378 g/mol. The molecule has 0 fully saturated rings. The topological polar surface area (TPSA) is 69.6 Å². The van der Waals surface area contributed by atoms with E-state index in [2.05, 4.69) is 11.4 Å². The number of phosphoric ester groups is 1. The Balaban J connectivity index is 0. The summed E-state index contributed by atoms with van der Waals surface area (Å²) in [6.45, 7) is 2.34. The Morgan fingerprint density at radius 3 is 1.55 bits per heavy atom. The van der Waals surface area contributed by atoms with Gasteiger partial charge in [0.05, 0.1) is 6.61 Å². The molecule has 0 spiro atoms. The van der Waals surface area contributed by atoms with Gasteiger partial charge in [-0.05, 0) is 6.42 Å². The van der Waals surface area contributed by atoms with E-state index in [4.69, 9.17) is 4.89 Å². The van der Waals surface area contributed by atoms with Crippen molar-refractivity contribution in [3.8, 4) is 0 Å². The van der Waals surface area contributed by atoms with Crippen LogP contribution in [0.25, 0.3) is 0 Å². The van der Waals surface area contributed by atoms with Gasteiger partial charge in [-0.3, -0.25) is 4.57 Å². The third-order valence-corrected chi connectivity index (χ3v) is 3.76. The molecule has 4 nitrogen and oxygen atoms in total.